The number of aromatic nitrogens is 1. The highest BCUT2D eigenvalue weighted by molar-refractivity contribution is 5.75. The van der Waals surface area contributed by atoms with Crippen LogP contribution >= 0.6 is 0 Å². The molecule has 1 aliphatic rings. The van der Waals surface area contributed by atoms with Crippen LogP contribution in [-0.2, 0) is 6.42 Å². The second-order valence-electron chi connectivity index (χ2n) is 6.64. The summed E-state index contributed by atoms with van der Waals surface area (Å²) in [5, 5.41) is 9.60. The van der Waals surface area contributed by atoms with Crippen molar-refractivity contribution < 1.29 is 18.1 Å². The highest BCUT2D eigenvalue weighted by Crippen LogP contribution is 2.41. The normalized spacial score (nSPS) is 20.2. The zero-order chi connectivity index (χ0) is 18.1. The minimum absolute atomic E-state index is 0.100. The predicted octanol–water partition coefficient (Wildman–Crippen LogP) is 3.36. The fraction of sp³-hybridized carbons (Fsp3) is 0.444. The van der Waals surface area contributed by atoms with Crippen LogP contribution in [0.15, 0.2) is 22.7 Å². The average Bonchev–Trinajstić information content (AvgIpc) is 3.20. The first-order valence-electron chi connectivity index (χ1n) is 8.29. The molecule has 1 saturated carbocycles. The first-order chi connectivity index (χ1) is 11.8. The molecule has 0 saturated heterocycles. The van der Waals surface area contributed by atoms with Crippen molar-refractivity contribution in [1.29, 1.82) is 0 Å². The van der Waals surface area contributed by atoms with Crippen molar-refractivity contribution in [3.8, 4) is 0 Å². The van der Waals surface area contributed by atoms with Crippen LogP contribution in [0.3, 0.4) is 0 Å². The Morgan fingerprint density at radius 2 is 2.16 bits per heavy atom. The van der Waals surface area contributed by atoms with E-state index in [9.17, 15) is 13.6 Å². The van der Waals surface area contributed by atoms with Crippen LogP contribution in [0.1, 0.15) is 41.8 Å². The lowest BCUT2D eigenvalue weighted by Crippen LogP contribution is -2.43. The van der Waals surface area contributed by atoms with Crippen molar-refractivity contribution in [2.24, 2.45) is 0 Å². The molecular formula is C18H21F2N3O2. The summed E-state index contributed by atoms with van der Waals surface area (Å²) in [6.07, 6.45) is 1.27. The van der Waals surface area contributed by atoms with Crippen molar-refractivity contribution in [2.45, 2.75) is 51.6 Å². The lowest BCUT2D eigenvalue weighted by molar-refractivity contribution is 0.237. The molecule has 2 N–H and O–H groups in total. The molecule has 0 unspecified atom stereocenters. The molecule has 134 valence electrons. The molecule has 1 heterocycles. The molecule has 7 heteroatoms. The number of amides is 2. The van der Waals surface area contributed by atoms with Gasteiger partial charge in [-0.25, -0.2) is 13.6 Å². The largest absolute Gasteiger partial charge is 0.361 e. The Balaban J connectivity index is 1.50. The topological polar surface area (TPSA) is 67.2 Å². The molecule has 0 bridgehead atoms. The molecular weight excluding hydrogens is 328 g/mol. The van der Waals surface area contributed by atoms with Gasteiger partial charge in [-0.1, -0.05) is 11.2 Å². The Morgan fingerprint density at radius 3 is 2.80 bits per heavy atom. The highest BCUT2D eigenvalue weighted by Gasteiger charge is 2.41. The minimum Gasteiger partial charge on any atom is -0.361 e. The van der Waals surface area contributed by atoms with Gasteiger partial charge in [-0.3, -0.25) is 0 Å². The Labute approximate surface area is 144 Å². The van der Waals surface area contributed by atoms with E-state index < -0.39 is 11.6 Å². The van der Waals surface area contributed by atoms with Gasteiger partial charge in [0, 0.05) is 29.6 Å². The molecule has 5 nitrogen and oxygen atoms in total. The number of halogens is 2. The van der Waals surface area contributed by atoms with Gasteiger partial charge >= 0.3 is 6.03 Å². The molecule has 0 radical (unpaired) electrons. The first kappa shape index (κ1) is 17.4. The molecule has 1 aromatic carbocycles. The lowest BCUT2D eigenvalue weighted by atomic mass is 10.1. The fourth-order valence-corrected chi connectivity index (χ4v) is 3.08. The number of urea groups is 1. The zero-order valence-corrected chi connectivity index (χ0v) is 14.4. The maximum atomic E-state index is 13.8. The molecule has 1 aliphatic carbocycles. The van der Waals surface area contributed by atoms with E-state index >= 15 is 0 Å². The van der Waals surface area contributed by atoms with E-state index in [4.69, 9.17) is 4.52 Å². The molecule has 0 spiro atoms. The highest BCUT2D eigenvalue weighted by atomic mass is 19.1. The van der Waals surface area contributed by atoms with E-state index in [1.165, 1.54) is 12.1 Å². The number of carbonyl (C=O) groups excluding carboxylic acids is 1. The third kappa shape index (κ3) is 3.97. The number of aryl methyl sites for hydroxylation is 2. The van der Waals surface area contributed by atoms with E-state index in [1.807, 2.05) is 20.8 Å². The summed E-state index contributed by atoms with van der Waals surface area (Å²) in [5.74, 6) is -0.524. The molecule has 1 fully saturated rings. The lowest BCUT2D eigenvalue weighted by Gasteiger charge is -2.14. The first-order valence-corrected chi connectivity index (χ1v) is 8.29. The Kier molecular flexibility index (Phi) is 4.74. The van der Waals surface area contributed by atoms with Crippen LogP contribution in [0.2, 0.25) is 0 Å². The monoisotopic (exact) mass is 349 g/mol. The number of nitrogens with zero attached hydrogens (tertiary/aromatic N) is 1. The molecule has 0 aliphatic heterocycles. The molecule has 1 aromatic heterocycles. The third-order valence-corrected chi connectivity index (χ3v) is 4.54. The van der Waals surface area contributed by atoms with Crippen LogP contribution in [-0.4, -0.2) is 23.3 Å². The van der Waals surface area contributed by atoms with Crippen molar-refractivity contribution in [1.82, 2.24) is 15.8 Å². The minimum atomic E-state index is -0.600. The molecule has 2 amide bonds. The van der Waals surface area contributed by atoms with Crippen molar-refractivity contribution >= 4 is 6.03 Å². The van der Waals surface area contributed by atoms with Crippen LogP contribution in [0.25, 0.3) is 0 Å². The van der Waals surface area contributed by atoms with Crippen LogP contribution in [0.5, 0.6) is 0 Å². The number of nitrogens with one attached hydrogen (secondary N) is 2. The SMILES string of the molecule is Cc1noc(C)c1C[C@H](C)NC(=O)N[C@H]1C[C@H]1c1ccc(F)cc1F. The number of rotatable bonds is 5. The number of carbonyl (C=O) groups is 1. The maximum absolute atomic E-state index is 13.8. The van der Waals surface area contributed by atoms with Gasteiger partial charge < -0.3 is 15.2 Å². The molecule has 2 aromatic rings. The summed E-state index contributed by atoms with van der Waals surface area (Å²) in [4.78, 5) is 12.1. The van der Waals surface area contributed by atoms with Crippen LogP contribution in [0, 0.1) is 25.5 Å². The Hall–Kier alpha value is -2.44. The van der Waals surface area contributed by atoms with Crippen LogP contribution < -0.4 is 10.6 Å². The van der Waals surface area contributed by atoms with E-state index in [0.29, 0.717) is 18.4 Å². The summed E-state index contributed by atoms with van der Waals surface area (Å²) in [5.41, 5.74) is 2.25. The molecule has 25 heavy (non-hydrogen) atoms. The van der Waals surface area contributed by atoms with Gasteiger partial charge in [-0.05, 0) is 45.2 Å². The van der Waals surface area contributed by atoms with Crippen molar-refractivity contribution in [3.63, 3.8) is 0 Å². The zero-order valence-electron chi connectivity index (χ0n) is 14.4. The standard InChI is InChI=1S/C18H21F2N3O2/c1-9(6-14-10(2)23-25-11(14)3)21-18(24)22-17-8-15(17)13-5-4-12(19)7-16(13)20/h4-5,7,9,15,17H,6,8H2,1-3H3,(H2,21,22,24)/t9-,15-,17-/m0/s1. The van der Waals surface area contributed by atoms with Crippen molar-refractivity contribution in [3.05, 3.63) is 52.4 Å². The van der Waals surface area contributed by atoms with Gasteiger partial charge in [0.1, 0.15) is 17.4 Å². The summed E-state index contributed by atoms with van der Waals surface area (Å²) < 4.78 is 31.8. The Bertz CT molecular complexity index is 771. The number of benzene rings is 1. The third-order valence-electron chi connectivity index (χ3n) is 4.54. The maximum Gasteiger partial charge on any atom is 0.315 e. The molecule has 3 rings (SSSR count). The second kappa shape index (κ2) is 6.82. The van der Waals surface area contributed by atoms with E-state index in [0.717, 1.165) is 23.1 Å². The van der Waals surface area contributed by atoms with Crippen molar-refractivity contribution in [2.75, 3.05) is 0 Å². The van der Waals surface area contributed by atoms with E-state index in [2.05, 4.69) is 15.8 Å². The van der Waals surface area contributed by atoms with Crippen LogP contribution in [0.4, 0.5) is 13.6 Å². The number of hydrogen-bond donors (Lipinski definition) is 2. The van der Waals surface area contributed by atoms with Gasteiger partial charge in [0.05, 0.1) is 5.69 Å². The molecule has 3 atom stereocenters. The summed E-state index contributed by atoms with van der Waals surface area (Å²) in [6, 6.07) is 3.02. The summed E-state index contributed by atoms with van der Waals surface area (Å²) >= 11 is 0. The predicted molar refractivity (Wildman–Crippen MR) is 88.3 cm³/mol. The van der Waals surface area contributed by atoms with E-state index in [1.54, 1.807) is 0 Å². The van der Waals surface area contributed by atoms with Gasteiger partial charge in [0.25, 0.3) is 0 Å². The quantitative estimate of drug-likeness (QED) is 0.870. The smallest absolute Gasteiger partial charge is 0.315 e. The van der Waals surface area contributed by atoms with Gasteiger partial charge in [-0.15, -0.1) is 0 Å². The van der Waals surface area contributed by atoms with Gasteiger partial charge in [0.15, 0.2) is 0 Å². The second-order valence-corrected chi connectivity index (χ2v) is 6.64. The average molecular weight is 349 g/mol. The van der Waals surface area contributed by atoms with Gasteiger partial charge in [-0.2, -0.15) is 0 Å². The summed E-state index contributed by atoms with van der Waals surface area (Å²) in [6.45, 7) is 5.61. The Morgan fingerprint density at radius 1 is 1.40 bits per heavy atom. The van der Waals surface area contributed by atoms with Gasteiger partial charge in [0.2, 0.25) is 0 Å². The number of hydrogen-bond acceptors (Lipinski definition) is 3. The fourth-order valence-electron chi connectivity index (χ4n) is 3.08. The van der Waals surface area contributed by atoms with E-state index in [-0.39, 0.29) is 24.0 Å². The summed E-state index contributed by atoms with van der Waals surface area (Å²) in [7, 11) is 0.